The summed E-state index contributed by atoms with van der Waals surface area (Å²) < 4.78 is 12.7. The molecule has 0 fully saturated rings. The van der Waals surface area contributed by atoms with Gasteiger partial charge in [0.25, 0.3) is 0 Å². The van der Waals surface area contributed by atoms with Gasteiger partial charge in [0.1, 0.15) is 0 Å². The molecule has 0 radical (unpaired) electrons. The van der Waals surface area contributed by atoms with Crippen LogP contribution in [0.4, 0.5) is 4.39 Å². The first-order valence-electron chi connectivity index (χ1n) is 3.11. The second kappa shape index (κ2) is 4.04. The van der Waals surface area contributed by atoms with Crippen molar-refractivity contribution in [3.05, 3.63) is 11.5 Å². The molecule has 0 saturated heterocycles. The van der Waals surface area contributed by atoms with Gasteiger partial charge in [0, 0.05) is 25.4 Å². The number of nitrogens with one attached hydrogen (secondary N) is 1. The lowest BCUT2D eigenvalue weighted by Crippen LogP contribution is -2.07. The Morgan fingerprint density at radius 3 is 2.20 bits per heavy atom. The van der Waals surface area contributed by atoms with Crippen LogP contribution in [-0.4, -0.2) is 19.8 Å². The second-order valence-electron chi connectivity index (χ2n) is 2.00. The molecule has 0 bridgehead atoms. The molecule has 0 aliphatic heterocycles. The first-order chi connectivity index (χ1) is 4.63. The minimum atomic E-state index is -0.317. The summed E-state index contributed by atoms with van der Waals surface area (Å²) in [6, 6.07) is 0. The van der Waals surface area contributed by atoms with Crippen LogP contribution in [0, 0.1) is 0 Å². The van der Waals surface area contributed by atoms with Crippen molar-refractivity contribution in [2.45, 2.75) is 13.8 Å². The van der Waals surface area contributed by atoms with Gasteiger partial charge in [-0.25, -0.2) is 0 Å². The summed E-state index contributed by atoms with van der Waals surface area (Å²) in [5, 5.41) is 2.41. The SMILES string of the molecule is C/N=C(C)\C(C)=C(\F)NC. The molecule has 58 valence electrons. The molecule has 0 aromatic rings. The topological polar surface area (TPSA) is 24.4 Å². The Balaban J connectivity index is 4.46. The summed E-state index contributed by atoms with van der Waals surface area (Å²) in [6.45, 7) is 3.46. The first kappa shape index (κ1) is 9.14. The Kier molecular flexibility index (Phi) is 3.69. The number of hydrogen-bond acceptors (Lipinski definition) is 2. The fourth-order valence-corrected chi connectivity index (χ4v) is 0.514. The number of halogens is 1. The minimum absolute atomic E-state index is 0.317. The van der Waals surface area contributed by atoms with E-state index in [1.54, 1.807) is 27.9 Å². The van der Waals surface area contributed by atoms with Crippen LogP contribution < -0.4 is 5.32 Å². The monoisotopic (exact) mass is 144 g/mol. The summed E-state index contributed by atoms with van der Waals surface area (Å²) in [5.74, 6) is -0.317. The fourth-order valence-electron chi connectivity index (χ4n) is 0.514. The Hall–Kier alpha value is -0.860. The molecule has 10 heavy (non-hydrogen) atoms. The molecule has 0 unspecified atom stereocenters. The molecular formula is C7H13FN2. The van der Waals surface area contributed by atoms with Crippen molar-refractivity contribution < 1.29 is 4.39 Å². The molecule has 0 aromatic carbocycles. The van der Waals surface area contributed by atoms with Gasteiger partial charge in [-0.1, -0.05) is 0 Å². The van der Waals surface area contributed by atoms with Crippen LogP contribution >= 0.6 is 0 Å². The molecule has 0 spiro atoms. The molecule has 0 aliphatic carbocycles. The van der Waals surface area contributed by atoms with E-state index < -0.39 is 0 Å². The Bertz CT molecular complexity index is 170. The lowest BCUT2D eigenvalue weighted by molar-refractivity contribution is 0.567. The average molecular weight is 144 g/mol. The highest BCUT2D eigenvalue weighted by atomic mass is 19.1. The van der Waals surface area contributed by atoms with Crippen LogP contribution in [-0.2, 0) is 0 Å². The number of rotatable bonds is 2. The Morgan fingerprint density at radius 1 is 1.40 bits per heavy atom. The number of nitrogens with zero attached hydrogens (tertiary/aromatic N) is 1. The molecule has 0 amide bonds. The van der Waals surface area contributed by atoms with Crippen molar-refractivity contribution in [2.24, 2.45) is 4.99 Å². The zero-order chi connectivity index (χ0) is 8.15. The second-order valence-corrected chi connectivity index (χ2v) is 2.00. The fraction of sp³-hybridized carbons (Fsp3) is 0.571. The summed E-state index contributed by atoms with van der Waals surface area (Å²) in [4.78, 5) is 3.84. The zero-order valence-electron chi connectivity index (χ0n) is 6.83. The van der Waals surface area contributed by atoms with Crippen LogP contribution in [0.2, 0.25) is 0 Å². The average Bonchev–Trinajstić information content (AvgIpc) is 2.00. The van der Waals surface area contributed by atoms with Crippen LogP contribution in [0.5, 0.6) is 0 Å². The van der Waals surface area contributed by atoms with Gasteiger partial charge < -0.3 is 5.32 Å². The van der Waals surface area contributed by atoms with Gasteiger partial charge in [-0.15, -0.1) is 0 Å². The van der Waals surface area contributed by atoms with Gasteiger partial charge in [-0.2, -0.15) is 4.39 Å². The van der Waals surface area contributed by atoms with Gasteiger partial charge >= 0.3 is 0 Å². The normalized spacial score (nSPS) is 14.7. The van der Waals surface area contributed by atoms with Crippen molar-refractivity contribution in [1.82, 2.24) is 5.32 Å². The van der Waals surface area contributed by atoms with E-state index in [1.807, 2.05) is 0 Å². The van der Waals surface area contributed by atoms with Crippen molar-refractivity contribution in [1.29, 1.82) is 0 Å². The third kappa shape index (κ3) is 2.17. The van der Waals surface area contributed by atoms with Crippen LogP contribution in [0.1, 0.15) is 13.8 Å². The van der Waals surface area contributed by atoms with Crippen LogP contribution in [0.15, 0.2) is 16.5 Å². The van der Waals surface area contributed by atoms with Gasteiger partial charge in [-0.3, -0.25) is 4.99 Å². The van der Waals surface area contributed by atoms with E-state index in [0.717, 1.165) is 0 Å². The number of aliphatic imine (C=N–C) groups is 1. The predicted molar refractivity (Wildman–Crippen MR) is 41.9 cm³/mol. The maximum absolute atomic E-state index is 12.7. The van der Waals surface area contributed by atoms with E-state index in [-0.39, 0.29) is 5.95 Å². The van der Waals surface area contributed by atoms with Crippen LogP contribution in [0.3, 0.4) is 0 Å². The summed E-state index contributed by atoms with van der Waals surface area (Å²) in [6.07, 6.45) is 0. The van der Waals surface area contributed by atoms with Crippen molar-refractivity contribution in [2.75, 3.05) is 14.1 Å². The molecule has 0 heterocycles. The Labute approximate surface area is 60.9 Å². The highest BCUT2D eigenvalue weighted by Gasteiger charge is 2.00. The largest absolute Gasteiger partial charge is 0.365 e. The third-order valence-corrected chi connectivity index (χ3v) is 1.43. The molecular weight excluding hydrogens is 131 g/mol. The van der Waals surface area contributed by atoms with Crippen molar-refractivity contribution >= 4 is 5.71 Å². The summed E-state index contributed by atoms with van der Waals surface area (Å²) >= 11 is 0. The quantitative estimate of drug-likeness (QED) is 0.461. The Morgan fingerprint density at radius 2 is 1.90 bits per heavy atom. The smallest absolute Gasteiger partial charge is 0.191 e. The molecule has 1 N–H and O–H groups in total. The van der Waals surface area contributed by atoms with Gasteiger partial charge in [0.15, 0.2) is 5.95 Å². The van der Waals surface area contributed by atoms with E-state index in [4.69, 9.17) is 0 Å². The number of allylic oxidation sites excluding steroid dienone is 1. The molecule has 3 heteroatoms. The molecule has 0 saturated carbocycles. The summed E-state index contributed by atoms with van der Waals surface area (Å²) in [7, 11) is 3.18. The van der Waals surface area contributed by atoms with Crippen LogP contribution in [0.25, 0.3) is 0 Å². The zero-order valence-corrected chi connectivity index (χ0v) is 6.83. The van der Waals surface area contributed by atoms with Crippen molar-refractivity contribution in [3.63, 3.8) is 0 Å². The van der Waals surface area contributed by atoms with E-state index in [1.165, 1.54) is 0 Å². The van der Waals surface area contributed by atoms with E-state index in [9.17, 15) is 4.39 Å². The first-order valence-corrected chi connectivity index (χ1v) is 3.11. The van der Waals surface area contributed by atoms with E-state index in [0.29, 0.717) is 11.3 Å². The van der Waals surface area contributed by atoms with Crippen molar-refractivity contribution in [3.8, 4) is 0 Å². The molecule has 0 atom stereocenters. The van der Waals surface area contributed by atoms with E-state index >= 15 is 0 Å². The molecule has 0 aromatic heterocycles. The third-order valence-electron chi connectivity index (χ3n) is 1.43. The predicted octanol–water partition coefficient (Wildman–Crippen LogP) is 1.50. The maximum atomic E-state index is 12.7. The highest BCUT2D eigenvalue weighted by molar-refractivity contribution is 5.97. The van der Waals surface area contributed by atoms with Gasteiger partial charge in [0.05, 0.1) is 0 Å². The minimum Gasteiger partial charge on any atom is -0.365 e. The number of hydrogen-bond donors (Lipinski definition) is 1. The van der Waals surface area contributed by atoms with Gasteiger partial charge in [-0.05, 0) is 13.8 Å². The lowest BCUT2D eigenvalue weighted by atomic mass is 10.2. The maximum Gasteiger partial charge on any atom is 0.191 e. The molecule has 0 rings (SSSR count). The standard InChI is InChI=1S/C7H13FN2/c1-5(6(2)9-3)7(8)10-4/h10H,1-4H3/b7-5-,9-6-. The molecule has 2 nitrogen and oxygen atoms in total. The molecule has 0 aliphatic rings. The van der Waals surface area contributed by atoms with Gasteiger partial charge in [0.2, 0.25) is 0 Å². The van der Waals surface area contributed by atoms with E-state index in [2.05, 4.69) is 10.3 Å². The lowest BCUT2D eigenvalue weighted by Gasteiger charge is -2.01. The highest BCUT2D eigenvalue weighted by Crippen LogP contribution is 2.03. The summed E-state index contributed by atoms with van der Waals surface area (Å²) in [5.41, 5.74) is 1.27.